The van der Waals surface area contributed by atoms with Gasteiger partial charge in [-0.2, -0.15) is 0 Å². The van der Waals surface area contributed by atoms with Crippen LogP contribution in [0.15, 0.2) is 17.1 Å². The maximum absolute atomic E-state index is 5.31. The van der Waals surface area contributed by atoms with Gasteiger partial charge >= 0.3 is 0 Å². The number of hydrogen-bond acceptors (Lipinski definition) is 1. The first-order valence-corrected chi connectivity index (χ1v) is 4.18. The maximum atomic E-state index is 5.31. The number of guanidine groups is 1. The minimum atomic E-state index is 0.103. The van der Waals surface area contributed by atoms with Crippen LogP contribution in [0.3, 0.4) is 0 Å². The lowest BCUT2D eigenvalue weighted by Crippen LogP contribution is -2.22. The fourth-order valence-corrected chi connectivity index (χ4v) is 1.20. The third-order valence-electron chi connectivity index (χ3n) is 2.06. The van der Waals surface area contributed by atoms with Gasteiger partial charge in [0, 0.05) is 0 Å². The fraction of sp³-hybridized carbons (Fsp3) is 0.300. The van der Waals surface area contributed by atoms with Gasteiger partial charge in [0.2, 0.25) is 0 Å². The lowest BCUT2D eigenvalue weighted by molar-refractivity contribution is 1.27. The van der Waals surface area contributed by atoms with Crippen molar-refractivity contribution in [3.63, 3.8) is 0 Å². The molecule has 0 bridgehead atoms. The van der Waals surface area contributed by atoms with Gasteiger partial charge in [0.1, 0.15) is 0 Å². The van der Waals surface area contributed by atoms with E-state index in [4.69, 9.17) is 11.5 Å². The van der Waals surface area contributed by atoms with Crippen LogP contribution in [0, 0.1) is 20.8 Å². The molecule has 0 aromatic heterocycles. The minimum Gasteiger partial charge on any atom is -0.370 e. The van der Waals surface area contributed by atoms with Gasteiger partial charge in [-0.1, -0.05) is 6.07 Å². The highest BCUT2D eigenvalue weighted by Gasteiger charge is 2.00. The number of hydrogen-bond donors (Lipinski definition) is 2. The van der Waals surface area contributed by atoms with Gasteiger partial charge in [0.05, 0.1) is 5.69 Å². The Labute approximate surface area is 78.5 Å². The number of nitrogens with two attached hydrogens (primary N) is 2. The van der Waals surface area contributed by atoms with Gasteiger partial charge < -0.3 is 11.5 Å². The van der Waals surface area contributed by atoms with Crippen molar-refractivity contribution >= 4 is 11.6 Å². The number of aryl methyl sites for hydroxylation is 3. The molecule has 3 heteroatoms. The molecule has 0 unspecified atom stereocenters. The van der Waals surface area contributed by atoms with E-state index in [-0.39, 0.29) is 5.96 Å². The number of rotatable bonds is 1. The molecule has 13 heavy (non-hydrogen) atoms. The Balaban J connectivity index is 3.24. The van der Waals surface area contributed by atoms with Gasteiger partial charge in [-0.05, 0) is 43.5 Å². The van der Waals surface area contributed by atoms with Crippen LogP contribution < -0.4 is 11.5 Å². The third-order valence-corrected chi connectivity index (χ3v) is 2.06. The zero-order valence-corrected chi connectivity index (χ0v) is 8.26. The molecule has 0 aliphatic carbocycles. The fourth-order valence-electron chi connectivity index (χ4n) is 1.20. The summed E-state index contributed by atoms with van der Waals surface area (Å²) in [5, 5.41) is 0. The van der Waals surface area contributed by atoms with Crippen molar-refractivity contribution in [2.75, 3.05) is 0 Å². The molecule has 1 aromatic rings. The molecular formula is C10H15N3. The quantitative estimate of drug-likeness (QED) is 0.504. The molecule has 70 valence electrons. The van der Waals surface area contributed by atoms with E-state index in [0.29, 0.717) is 0 Å². The lowest BCUT2D eigenvalue weighted by Gasteiger charge is -2.05. The van der Waals surface area contributed by atoms with Crippen molar-refractivity contribution in [2.24, 2.45) is 16.5 Å². The zero-order valence-electron chi connectivity index (χ0n) is 8.26. The van der Waals surface area contributed by atoms with Crippen molar-refractivity contribution in [3.05, 3.63) is 28.8 Å². The Morgan fingerprint density at radius 1 is 1.00 bits per heavy atom. The highest BCUT2D eigenvalue weighted by molar-refractivity contribution is 5.79. The first-order valence-electron chi connectivity index (χ1n) is 4.18. The van der Waals surface area contributed by atoms with Gasteiger partial charge in [0.15, 0.2) is 5.96 Å². The van der Waals surface area contributed by atoms with Crippen molar-refractivity contribution in [1.29, 1.82) is 0 Å². The summed E-state index contributed by atoms with van der Waals surface area (Å²) in [4.78, 5) is 4.03. The summed E-state index contributed by atoms with van der Waals surface area (Å²) >= 11 is 0. The van der Waals surface area contributed by atoms with E-state index < -0.39 is 0 Å². The Kier molecular flexibility index (Phi) is 2.56. The van der Waals surface area contributed by atoms with Crippen LogP contribution in [0.4, 0.5) is 5.69 Å². The molecule has 0 atom stereocenters. The van der Waals surface area contributed by atoms with Crippen LogP contribution >= 0.6 is 0 Å². The molecule has 3 nitrogen and oxygen atoms in total. The lowest BCUT2D eigenvalue weighted by atomic mass is 10.1. The van der Waals surface area contributed by atoms with Gasteiger partial charge in [-0.25, -0.2) is 4.99 Å². The summed E-state index contributed by atoms with van der Waals surface area (Å²) in [6, 6.07) is 4.07. The minimum absolute atomic E-state index is 0.103. The van der Waals surface area contributed by atoms with E-state index in [2.05, 4.69) is 18.0 Å². The largest absolute Gasteiger partial charge is 0.370 e. The number of nitrogens with zero attached hydrogens (tertiary/aromatic N) is 1. The van der Waals surface area contributed by atoms with E-state index >= 15 is 0 Å². The van der Waals surface area contributed by atoms with E-state index in [1.807, 2.05) is 19.9 Å². The molecule has 0 heterocycles. The van der Waals surface area contributed by atoms with E-state index in [1.54, 1.807) is 0 Å². The summed E-state index contributed by atoms with van der Waals surface area (Å²) in [5.41, 5.74) is 15.0. The Bertz CT molecular complexity index is 349. The van der Waals surface area contributed by atoms with Crippen molar-refractivity contribution < 1.29 is 0 Å². The van der Waals surface area contributed by atoms with Gasteiger partial charge in [0.25, 0.3) is 0 Å². The zero-order chi connectivity index (χ0) is 10.0. The van der Waals surface area contributed by atoms with Crippen LogP contribution in [0.1, 0.15) is 16.7 Å². The molecule has 4 N–H and O–H groups in total. The highest BCUT2D eigenvalue weighted by atomic mass is 15.0. The molecule has 0 saturated heterocycles. The molecule has 1 aromatic carbocycles. The third kappa shape index (κ3) is 2.21. The van der Waals surface area contributed by atoms with Gasteiger partial charge in [-0.3, -0.25) is 0 Å². The maximum Gasteiger partial charge on any atom is 0.191 e. The Morgan fingerprint density at radius 3 is 2.08 bits per heavy atom. The number of benzene rings is 1. The van der Waals surface area contributed by atoms with Crippen LogP contribution in [0.5, 0.6) is 0 Å². The number of aliphatic imine (C=N–C) groups is 1. The summed E-state index contributed by atoms with van der Waals surface area (Å²) < 4.78 is 0. The van der Waals surface area contributed by atoms with Crippen LogP contribution in [0.2, 0.25) is 0 Å². The predicted octanol–water partition coefficient (Wildman–Crippen LogP) is 1.52. The predicted molar refractivity (Wildman–Crippen MR) is 56.1 cm³/mol. The Hall–Kier alpha value is -1.51. The summed E-state index contributed by atoms with van der Waals surface area (Å²) in [5.74, 6) is 0.103. The van der Waals surface area contributed by atoms with E-state index in [9.17, 15) is 0 Å². The smallest absolute Gasteiger partial charge is 0.191 e. The first kappa shape index (κ1) is 9.58. The molecular weight excluding hydrogens is 162 g/mol. The standard InChI is InChI=1S/C10H15N3/c1-6-4-8(3)9(5-7(6)2)13-10(11)12/h4-5H,1-3H3,(H4,11,12,13). The summed E-state index contributed by atoms with van der Waals surface area (Å²) in [7, 11) is 0. The molecule has 0 amide bonds. The average molecular weight is 177 g/mol. The SMILES string of the molecule is Cc1cc(C)c(N=C(N)N)cc1C. The van der Waals surface area contributed by atoms with Gasteiger partial charge in [-0.15, -0.1) is 0 Å². The first-order chi connectivity index (χ1) is 6.00. The summed E-state index contributed by atoms with van der Waals surface area (Å²) in [6.07, 6.45) is 0. The molecule has 0 aliphatic heterocycles. The average Bonchev–Trinajstić information content (AvgIpc) is 1.99. The van der Waals surface area contributed by atoms with Crippen LogP contribution in [-0.2, 0) is 0 Å². The normalized spacial score (nSPS) is 9.77. The van der Waals surface area contributed by atoms with E-state index in [1.165, 1.54) is 11.1 Å². The van der Waals surface area contributed by atoms with Crippen LogP contribution in [-0.4, -0.2) is 5.96 Å². The Morgan fingerprint density at radius 2 is 1.54 bits per heavy atom. The topological polar surface area (TPSA) is 64.4 Å². The van der Waals surface area contributed by atoms with E-state index in [0.717, 1.165) is 11.3 Å². The second-order valence-corrected chi connectivity index (χ2v) is 3.26. The molecule has 0 fully saturated rings. The molecule has 0 radical (unpaired) electrons. The summed E-state index contributed by atoms with van der Waals surface area (Å²) in [6.45, 7) is 6.11. The molecule has 1 rings (SSSR count). The molecule has 0 aliphatic rings. The monoisotopic (exact) mass is 177 g/mol. The highest BCUT2D eigenvalue weighted by Crippen LogP contribution is 2.22. The molecule has 0 spiro atoms. The molecule has 0 saturated carbocycles. The van der Waals surface area contributed by atoms with Crippen molar-refractivity contribution in [3.8, 4) is 0 Å². The second kappa shape index (κ2) is 3.47. The van der Waals surface area contributed by atoms with Crippen LogP contribution in [0.25, 0.3) is 0 Å². The van der Waals surface area contributed by atoms with Crippen molar-refractivity contribution in [1.82, 2.24) is 0 Å². The second-order valence-electron chi connectivity index (χ2n) is 3.26. The van der Waals surface area contributed by atoms with Crippen molar-refractivity contribution in [2.45, 2.75) is 20.8 Å².